The second-order valence-corrected chi connectivity index (χ2v) is 4.88. The maximum Gasteiger partial charge on any atom is 0.120 e. The van der Waals surface area contributed by atoms with Gasteiger partial charge in [-0.05, 0) is 25.0 Å². The van der Waals surface area contributed by atoms with Gasteiger partial charge >= 0.3 is 0 Å². The molecule has 2 aromatic rings. The van der Waals surface area contributed by atoms with E-state index in [1.807, 2.05) is 18.6 Å². The smallest absolute Gasteiger partial charge is 0.120 e. The normalized spacial score (nSPS) is 16.7. The summed E-state index contributed by atoms with van der Waals surface area (Å²) in [6.45, 7) is 3.02. The van der Waals surface area contributed by atoms with Crippen LogP contribution in [-0.4, -0.2) is 34.1 Å². The number of nitrogens with zero attached hydrogens (tertiary/aromatic N) is 3. The summed E-state index contributed by atoms with van der Waals surface area (Å²) < 4.78 is 0. The predicted molar refractivity (Wildman–Crippen MR) is 74.9 cm³/mol. The van der Waals surface area contributed by atoms with Crippen molar-refractivity contribution in [3.63, 3.8) is 0 Å². The largest absolute Gasteiger partial charge is 0.371 e. The lowest BCUT2D eigenvalue weighted by Gasteiger charge is -2.33. The van der Waals surface area contributed by atoms with Crippen LogP contribution >= 0.6 is 0 Å². The fourth-order valence-corrected chi connectivity index (χ4v) is 2.53. The van der Waals surface area contributed by atoms with Crippen LogP contribution in [0.15, 0.2) is 36.9 Å². The van der Waals surface area contributed by atoms with Gasteiger partial charge in [0.25, 0.3) is 0 Å². The Morgan fingerprint density at radius 2 is 2.00 bits per heavy atom. The van der Waals surface area contributed by atoms with Gasteiger partial charge in [0.05, 0.1) is 6.54 Å². The minimum atomic E-state index is 0.586. The van der Waals surface area contributed by atoms with Gasteiger partial charge in [0.1, 0.15) is 5.82 Å². The molecule has 1 aliphatic heterocycles. The number of aromatic amines is 1. The van der Waals surface area contributed by atoms with Gasteiger partial charge < -0.3 is 15.2 Å². The Labute approximate surface area is 113 Å². The van der Waals surface area contributed by atoms with Crippen molar-refractivity contribution in [3.05, 3.63) is 42.7 Å². The summed E-state index contributed by atoms with van der Waals surface area (Å²) >= 11 is 0. The van der Waals surface area contributed by atoms with E-state index in [0.717, 1.165) is 25.5 Å². The number of nitrogens with one attached hydrogen (secondary N) is 2. The number of piperidine rings is 1. The maximum absolute atomic E-state index is 4.23. The summed E-state index contributed by atoms with van der Waals surface area (Å²) in [7, 11) is 0. The van der Waals surface area contributed by atoms with Crippen LogP contribution in [0.3, 0.4) is 0 Å². The van der Waals surface area contributed by atoms with E-state index in [-0.39, 0.29) is 0 Å². The van der Waals surface area contributed by atoms with Gasteiger partial charge in [-0.2, -0.15) is 0 Å². The molecule has 2 aromatic heterocycles. The van der Waals surface area contributed by atoms with Crippen LogP contribution < -0.4 is 10.2 Å². The second kappa shape index (κ2) is 5.84. The van der Waals surface area contributed by atoms with Crippen molar-refractivity contribution in [3.8, 4) is 0 Å². The lowest BCUT2D eigenvalue weighted by molar-refractivity contribution is 0.410. The minimum Gasteiger partial charge on any atom is -0.371 e. The van der Waals surface area contributed by atoms with Crippen LogP contribution in [0.1, 0.15) is 18.7 Å². The average molecular weight is 257 g/mol. The Hall–Kier alpha value is -1.88. The number of pyridine rings is 1. The van der Waals surface area contributed by atoms with E-state index in [9.17, 15) is 0 Å². The van der Waals surface area contributed by atoms with Crippen molar-refractivity contribution in [1.82, 2.24) is 20.3 Å². The average Bonchev–Trinajstić information content (AvgIpc) is 3.00. The third-order valence-electron chi connectivity index (χ3n) is 3.64. The molecule has 1 aliphatic rings. The molecule has 19 heavy (non-hydrogen) atoms. The lowest BCUT2D eigenvalue weighted by Crippen LogP contribution is -2.42. The molecule has 5 heteroatoms. The fourth-order valence-electron chi connectivity index (χ4n) is 2.53. The van der Waals surface area contributed by atoms with Crippen molar-refractivity contribution in [2.45, 2.75) is 25.4 Å². The van der Waals surface area contributed by atoms with Crippen LogP contribution in [0.5, 0.6) is 0 Å². The highest BCUT2D eigenvalue weighted by molar-refractivity contribution is 5.44. The monoisotopic (exact) mass is 257 g/mol. The zero-order valence-electron chi connectivity index (χ0n) is 10.9. The molecule has 5 nitrogen and oxygen atoms in total. The Balaban J connectivity index is 1.47. The number of imidazole rings is 1. The van der Waals surface area contributed by atoms with Gasteiger partial charge in [0.2, 0.25) is 0 Å². The Morgan fingerprint density at radius 1 is 1.21 bits per heavy atom. The summed E-state index contributed by atoms with van der Waals surface area (Å²) in [5.41, 5.74) is 1.28. The predicted octanol–water partition coefficient (Wildman–Crippen LogP) is 1.56. The van der Waals surface area contributed by atoms with E-state index >= 15 is 0 Å². The standard InChI is InChI=1S/C14H19N5/c1-5-15-6-2-13(1)19-9-3-12(4-10-19)18-11-14-16-7-8-17-14/h1-2,5-8,12,18H,3-4,9-11H2,(H,16,17). The Kier molecular flexibility index (Phi) is 3.74. The van der Waals surface area contributed by atoms with Gasteiger partial charge in [0, 0.05) is 49.6 Å². The molecule has 0 bridgehead atoms. The summed E-state index contributed by atoms with van der Waals surface area (Å²) in [4.78, 5) is 13.8. The van der Waals surface area contributed by atoms with E-state index in [1.54, 1.807) is 6.20 Å². The van der Waals surface area contributed by atoms with Gasteiger partial charge in [0.15, 0.2) is 0 Å². The van der Waals surface area contributed by atoms with Crippen molar-refractivity contribution >= 4 is 5.69 Å². The van der Waals surface area contributed by atoms with Gasteiger partial charge in [-0.25, -0.2) is 4.98 Å². The van der Waals surface area contributed by atoms with Crippen LogP contribution in [0, 0.1) is 0 Å². The van der Waals surface area contributed by atoms with Gasteiger partial charge in [-0.1, -0.05) is 0 Å². The summed E-state index contributed by atoms with van der Waals surface area (Å²) in [5, 5.41) is 3.56. The Bertz CT molecular complexity index is 474. The van der Waals surface area contributed by atoms with Crippen LogP contribution in [-0.2, 0) is 6.54 Å². The molecular formula is C14H19N5. The van der Waals surface area contributed by atoms with Gasteiger partial charge in [-0.15, -0.1) is 0 Å². The molecule has 3 rings (SSSR count). The highest BCUT2D eigenvalue weighted by Gasteiger charge is 2.18. The second-order valence-electron chi connectivity index (χ2n) is 4.88. The van der Waals surface area contributed by atoms with Crippen molar-refractivity contribution < 1.29 is 0 Å². The van der Waals surface area contributed by atoms with E-state index in [2.05, 4.69) is 37.3 Å². The first-order chi connectivity index (χ1) is 9.42. The maximum atomic E-state index is 4.23. The molecular weight excluding hydrogens is 238 g/mol. The number of hydrogen-bond donors (Lipinski definition) is 2. The first kappa shape index (κ1) is 12.2. The van der Waals surface area contributed by atoms with Crippen molar-refractivity contribution in [1.29, 1.82) is 0 Å². The number of hydrogen-bond acceptors (Lipinski definition) is 4. The van der Waals surface area contributed by atoms with E-state index in [0.29, 0.717) is 6.04 Å². The Morgan fingerprint density at radius 3 is 2.68 bits per heavy atom. The van der Waals surface area contributed by atoms with E-state index in [4.69, 9.17) is 0 Å². The van der Waals surface area contributed by atoms with Crippen molar-refractivity contribution in [2.75, 3.05) is 18.0 Å². The minimum absolute atomic E-state index is 0.586. The van der Waals surface area contributed by atoms with Gasteiger partial charge in [-0.3, -0.25) is 4.98 Å². The third-order valence-corrected chi connectivity index (χ3v) is 3.64. The molecule has 3 heterocycles. The first-order valence-corrected chi connectivity index (χ1v) is 6.78. The fraction of sp³-hybridized carbons (Fsp3) is 0.429. The number of H-pyrrole nitrogens is 1. The molecule has 0 atom stereocenters. The zero-order valence-corrected chi connectivity index (χ0v) is 10.9. The highest BCUT2D eigenvalue weighted by atomic mass is 15.1. The van der Waals surface area contributed by atoms with E-state index < -0.39 is 0 Å². The first-order valence-electron chi connectivity index (χ1n) is 6.78. The molecule has 0 aliphatic carbocycles. The SMILES string of the molecule is c1cc(N2CCC(NCc3ncc[nH]3)CC2)ccn1. The summed E-state index contributed by atoms with van der Waals surface area (Å²) in [6, 6.07) is 4.75. The molecule has 0 aromatic carbocycles. The summed E-state index contributed by atoms with van der Waals surface area (Å²) in [5.74, 6) is 1.01. The number of rotatable bonds is 4. The third kappa shape index (κ3) is 3.12. The van der Waals surface area contributed by atoms with Crippen molar-refractivity contribution in [2.24, 2.45) is 0 Å². The zero-order chi connectivity index (χ0) is 12.9. The number of aromatic nitrogens is 3. The molecule has 1 fully saturated rings. The van der Waals surface area contributed by atoms with Crippen LogP contribution in [0.25, 0.3) is 0 Å². The topological polar surface area (TPSA) is 56.8 Å². The molecule has 0 unspecified atom stereocenters. The molecule has 0 spiro atoms. The lowest BCUT2D eigenvalue weighted by atomic mass is 10.0. The molecule has 0 radical (unpaired) electrons. The summed E-state index contributed by atoms with van der Waals surface area (Å²) in [6.07, 6.45) is 9.71. The van der Waals surface area contributed by atoms with Crippen LogP contribution in [0.4, 0.5) is 5.69 Å². The van der Waals surface area contributed by atoms with Crippen LogP contribution in [0.2, 0.25) is 0 Å². The molecule has 2 N–H and O–H groups in total. The molecule has 0 amide bonds. The molecule has 1 saturated heterocycles. The van der Waals surface area contributed by atoms with E-state index in [1.165, 1.54) is 18.5 Å². The molecule has 100 valence electrons. The molecule has 0 saturated carbocycles. The quantitative estimate of drug-likeness (QED) is 0.873. The number of anilines is 1. The highest BCUT2D eigenvalue weighted by Crippen LogP contribution is 2.18.